The van der Waals surface area contributed by atoms with Crippen molar-refractivity contribution in [2.75, 3.05) is 14.1 Å². The SMILES string of the molecule is CNS(=O)(=O)c1cccc(C(=O)O)c1N=N[c-]1c(C)nn(-c2cccc(Cl)c2)c1=O.CNS(=O)(=O)c1cccc(C(=O)O)c1N=N[c-]1c(C)nn(-c2cccc(Cl)c2)c1=O.[Cr].[H+]. The number of nitrogens with zero attached hydrogens (tertiary/aromatic N) is 8. The Labute approximate surface area is 368 Å². The van der Waals surface area contributed by atoms with Crippen molar-refractivity contribution in [2.45, 2.75) is 23.6 Å². The molecule has 0 radical (unpaired) electrons. The molecule has 0 saturated carbocycles. The van der Waals surface area contributed by atoms with Gasteiger partial charge in [0.2, 0.25) is 20.0 Å². The number of rotatable bonds is 12. The predicted molar refractivity (Wildman–Crippen MR) is 219 cm³/mol. The fraction of sp³-hybridized carbons (Fsp3) is 0.111. The first-order valence-electron chi connectivity index (χ1n) is 16.8. The van der Waals surface area contributed by atoms with Crippen LogP contribution in [0.1, 0.15) is 33.5 Å². The van der Waals surface area contributed by atoms with Gasteiger partial charge in [0.15, 0.2) is 0 Å². The molecule has 0 amide bonds. The van der Waals surface area contributed by atoms with E-state index in [0.717, 1.165) is 9.36 Å². The number of carboxylic acids is 2. The summed E-state index contributed by atoms with van der Waals surface area (Å²) in [4.78, 5) is 47.8. The van der Waals surface area contributed by atoms with E-state index in [2.05, 4.69) is 40.1 Å². The van der Waals surface area contributed by atoms with Crippen molar-refractivity contribution in [3.8, 4) is 11.4 Å². The molecule has 0 bridgehead atoms. The monoisotopic (exact) mass is 949 g/mol. The largest absolute Gasteiger partial charge is 1.00 e. The van der Waals surface area contributed by atoms with Crippen LogP contribution in [0.3, 0.4) is 0 Å². The smallest absolute Gasteiger partial charge is 0.478 e. The molecular formula is C36H31Cl2CrN10O10S2-. The minimum Gasteiger partial charge on any atom is -0.478 e. The first-order valence-corrected chi connectivity index (χ1v) is 20.5. The quantitative estimate of drug-likeness (QED) is 0.0814. The van der Waals surface area contributed by atoms with E-state index in [1.165, 1.54) is 76.5 Å². The molecule has 2 heterocycles. The van der Waals surface area contributed by atoms with Crippen molar-refractivity contribution in [2.24, 2.45) is 20.5 Å². The van der Waals surface area contributed by atoms with Gasteiger partial charge in [-0.15, -0.1) is 11.4 Å². The van der Waals surface area contributed by atoms with Crippen LogP contribution in [-0.4, -0.2) is 72.6 Å². The maximum Gasteiger partial charge on any atom is 1.00 e. The maximum absolute atomic E-state index is 12.7. The zero-order chi connectivity index (χ0) is 44.1. The molecule has 0 spiro atoms. The third-order valence-corrected chi connectivity index (χ3v) is 11.5. The van der Waals surface area contributed by atoms with Crippen LogP contribution >= 0.6 is 23.2 Å². The van der Waals surface area contributed by atoms with Crippen molar-refractivity contribution < 1.29 is 55.4 Å². The summed E-state index contributed by atoms with van der Waals surface area (Å²) >= 11 is 11.9. The van der Waals surface area contributed by atoms with E-state index >= 15 is 0 Å². The molecule has 25 heteroatoms. The molecule has 318 valence electrons. The third-order valence-electron chi connectivity index (χ3n) is 8.16. The third kappa shape index (κ3) is 10.5. The van der Waals surface area contributed by atoms with Gasteiger partial charge >= 0.3 is 13.4 Å². The van der Waals surface area contributed by atoms with Crippen LogP contribution in [-0.2, 0) is 37.4 Å². The fourth-order valence-corrected chi connectivity index (χ4v) is 7.38. The van der Waals surface area contributed by atoms with Crippen LogP contribution in [0.15, 0.2) is 125 Å². The minimum atomic E-state index is -4.03. The van der Waals surface area contributed by atoms with Crippen molar-refractivity contribution >= 4 is 77.9 Å². The molecule has 61 heavy (non-hydrogen) atoms. The van der Waals surface area contributed by atoms with Gasteiger partial charge in [0, 0.05) is 27.4 Å². The number of halogens is 2. The van der Waals surface area contributed by atoms with Gasteiger partial charge in [-0.05, 0) is 74.8 Å². The molecule has 0 aliphatic carbocycles. The van der Waals surface area contributed by atoms with E-state index in [9.17, 15) is 46.2 Å². The van der Waals surface area contributed by atoms with Gasteiger partial charge in [0.05, 0.1) is 22.5 Å². The molecule has 0 aliphatic rings. The van der Waals surface area contributed by atoms with E-state index < -0.39 is 54.5 Å². The fourth-order valence-electron chi connectivity index (χ4n) is 5.24. The number of carboxylic acid groups (broad SMARTS) is 2. The normalized spacial score (nSPS) is 11.6. The number of hydrogen-bond acceptors (Lipinski definition) is 14. The Hall–Kier alpha value is -6.03. The zero-order valence-corrected chi connectivity index (χ0v) is 36.2. The summed E-state index contributed by atoms with van der Waals surface area (Å²) in [7, 11) is -5.71. The van der Waals surface area contributed by atoms with Gasteiger partial charge in [-0.2, -0.15) is 10.2 Å². The van der Waals surface area contributed by atoms with Crippen LogP contribution < -0.4 is 20.6 Å². The first kappa shape index (κ1) is 47.6. The molecular weight excluding hydrogens is 919 g/mol. The van der Waals surface area contributed by atoms with Crippen molar-refractivity contribution in [3.05, 3.63) is 138 Å². The van der Waals surface area contributed by atoms with Gasteiger partial charge < -0.3 is 30.0 Å². The molecule has 2 aromatic heterocycles. The summed E-state index contributed by atoms with van der Waals surface area (Å²) in [5.74, 6) is -2.79. The number of hydrogen-bond donors (Lipinski definition) is 4. The number of aromatic nitrogens is 4. The van der Waals surface area contributed by atoms with Gasteiger partial charge in [0.1, 0.15) is 32.3 Å². The second-order valence-corrected chi connectivity index (χ2v) is 16.6. The standard InChI is InChI=1S/2C18H15ClN5O5S.Cr/c2*1-10-15(17(25)24(23-10)12-6-3-5-11(19)9-12)21-22-16-13(18(26)27)7-4-8-14(16)30(28,29)20-2;/h2*3-9,20H,1-2H3,(H,26,27);/q2*-1;/p+1. The topological polar surface area (TPSA) is 286 Å². The number of benzene rings is 4. The molecule has 6 rings (SSSR count). The van der Waals surface area contributed by atoms with E-state index in [1.807, 2.05) is 0 Å². The van der Waals surface area contributed by atoms with Gasteiger partial charge in [-0.3, -0.25) is 0 Å². The number of sulfonamides is 2. The average molecular weight is 951 g/mol. The Morgan fingerprint density at radius 1 is 0.656 bits per heavy atom. The van der Waals surface area contributed by atoms with E-state index in [0.29, 0.717) is 21.4 Å². The molecule has 0 fully saturated rings. The summed E-state index contributed by atoms with van der Waals surface area (Å²) in [6, 6.07) is 20.2. The zero-order valence-electron chi connectivity index (χ0n) is 32.8. The van der Waals surface area contributed by atoms with Crippen LogP contribution in [0.5, 0.6) is 0 Å². The molecule has 4 aromatic carbocycles. The Kier molecular flexibility index (Phi) is 15.3. The average Bonchev–Trinajstić information content (AvgIpc) is 3.67. The Bertz CT molecular complexity index is 2870. The first-order chi connectivity index (χ1) is 28.3. The van der Waals surface area contributed by atoms with Crippen LogP contribution in [0, 0.1) is 13.8 Å². The van der Waals surface area contributed by atoms with Crippen molar-refractivity contribution in [1.82, 2.24) is 29.0 Å². The van der Waals surface area contributed by atoms with Crippen LogP contribution in [0.2, 0.25) is 10.0 Å². The second-order valence-electron chi connectivity index (χ2n) is 12.0. The Balaban J connectivity index is 0.000000320. The number of azo groups is 2. The number of nitrogens with one attached hydrogen (secondary N) is 2. The number of aryl methyl sites for hydroxylation is 2. The van der Waals surface area contributed by atoms with Gasteiger partial charge in [0.25, 0.3) is 0 Å². The molecule has 0 unspecified atom stereocenters. The molecule has 0 aliphatic heterocycles. The second kappa shape index (κ2) is 19.6. The summed E-state index contributed by atoms with van der Waals surface area (Å²) in [6.45, 7) is 3.04. The molecule has 4 N–H and O–H groups in total. The van der Waals surface area contributed by atoms with Crippen molar-refractivity contribution in [3.63, 3.8) is 0 Å². The Morgan fingerprint density at radius 2 is 1.00 bits per heavy atom. The van der Waals surface area contributed by atoms with E-state index in [-0.39, 0.29) is 62.5 Å². The number of carbonyl (C=O) groups is 2. The summed E-state index contributed by atoms with van der Waals surface area (Å²) < 4.78 is 55.4. The summed E-state index contributed by atoms with van der Waals surface area (Å²) in [5.41, 5.74) is -1.92. The molecule has 0 atom stereocenters. The number of aromatic carboxylic acids is 2. The summed E-state index contributed by atoms with van der Waals surface area (Å²) in [5, 5.41) is 43.1. The van der Waals surface area contributed by atoms with Crippen LogP contribution in [0.25, 0.3) is 11.4 Å². The maximum atomic E-state index is 12.7. The van der Waals surface area contributed by atoms with Crippen LogP contribution in [0.4, 0.5) is 22.7 Å². The predicted octanol–water partition coefficient (Wildman–Crippen LogP) is 5.98. The molecule has 0 saturated heterocycles. The minimum absolute atomic E-state index is 0. The summed E-state index contributed by atoms with van der Waals surface area (Å²) in [6.07, 6.45) is 0. The van der Waals surface area contributed by atoms with Crippen molar-refractivity contribution in [1.29, 1.82) is 0 Å². The Morgan fingerprint density at radius 3 is 1.31 bits per heavy atom. The van der Waals surface area contributed by atoms with E-state index in [4.69, 9.17) is 23.2 Å². The molecule has 6 aromatic rings. The van der Waals surface area contributed by atoms with Gasteiger partial charge in [-0.25, -0.2) is 55.4 Å². The molecule has 20 nitrogen and oxygen atoms in total. The van der Waals surface area contributed by atoms with Gasteiger partial charge in [-0.1, -0.05) is 72.7 Å². The van der Waals surface area contributed by atoms with E-state index in [1.54, 1.807) is 36.4 Å².